The smallest absolute Gasteiger partial charge is 0.358 e. The van der Waals surface area contributed by atoms with Crippen molar-refractivity contribution in [2.75, 3.05) is 0 Å². The van der Waals surface area contributed by atoms with Crippen molar-refractivity contribution in [3.05, 3.63) is 42.5 Å². The molecule has 8 nitrogen and oxygen atoms in total. The molecule has 0 aromatic carbocycles. The monoisotopic (exact) mass is 222 g/mol. The summed E-state index contributed by atoms with van der Waals surface area (Å²) in [7, 11) is 0. The van der Waals surface area contributed by atoms with E-state index >= 15 is 0 Å². The van der Waals surface area contributed by atoms with Crippen LogP contribution < -0.4 is 11.1 Å². The SMILES string of the molecule is Cc1cc2[nH]c(=O)c(=O)[nH]c2nc1[N+](=O)[O-]. The zero-order chi connectivity index (χ0) is 11.9. The van der Waals surface area contributed by atoms with E-state index < -0.39 is 16.0 Å². The zero-order valence-electron chi connectivity index (χ0n) is 8.10. The first-order valence-corrected chi connectivity index (χ1v) is 4.27. The van der Waals surface area contributed by atoms with Crippen molar-refractivity contribution in [3.8, 4) is 0 Å². The molecule has 2 aromatic rings. The molecule has 0 unspecified atom stereocenters. The van der Waals surface area contributed by atoms with E-state index in [0.717, 1.165) is 0 Å². The highest BCUT2D eigenvalue weighted by Crippen LogP contribution is 2.17. The second-order valence-corrected chi connectivity index (χ2v) is 3.19. The standard InChI is InChI=1S/C8H6N4O4/c1-3-2-4-5(10-6(3)12(15)16)11-8(14)7(13)9-4/h2H,1H3,(H,9,13)(H,10,11,14). The van der Waals surface area contributed by atoms with E-state index in [1.54, 1.807) is 0 Å². The maximum absolute atomic E-state index is 11.0. The van der Waals surface area contributed by atoms with Crippen LogP contribution in [0.15, 0.2) is 15.7 Å². The predicted octanol–water partition coefficient (Wildman–Crippen LogP) is -0.172. The molecule has 8 heteroatoms. The fraction of sp³-hybridized carbons (Fsp3) is 0.125. The number of pyridine rings is 1. The van der Waals surface area contributed by atoms with Gasteiger partial charge in [-0.3, -0.25) is 14.6 Å². The Kier molecular flexibility index (Phi) is 2.04. The maximum atomic E-state index is 11.0. The number of rotatable bonds is 1. The van der Waals surface area contributed by atoms with Crippen LogP contribution in [0.2, 0.25) is 0 Å². The molecular formula is C8H6N4O4. The number of nitro groups is 1. The molecule has 2 heterocycles. The lowest BCUT2D eigenvalue weighted by Crippen LogP contribution is -2.29. The van der Waals surface area contributed by atoms with E-state index in [1.165, 1.54) is 13.0 Å². The van der Waals surface area contributed by atoms with Crippen LogP contribution in [0, 0.1) is 17.0 Å². The minimum atomic E-state index is -0.891. The van der Waals surface area contributed by atoms with Gasteiger partial charge in [-0.05, 0) is 22.9 Å². The quantitative estimate of drug-likeness (QED) is 0.394. The van der Waals surface area contributed by atoms with Gasteiger partial charge in [0.25, 0.3) is 5.65 Å². The third-order valence-electron chi connectivity index (χ3n) is 2.05. The zero-order valence-corrected chi connectivity index (χ0v) is 8.10. The van der Waals surface area contributed by atoms with Crippen LogP contribution in [0.5, 0.6) is 0 Å². The fourth-order valence-electron chi connectivity index (χ4n) is 1.32. The molecule has 2 aromatic heterocycles. The van der Waals surface area contributed by atoms with Crippen LogP contribution in [-0.2, 0) is 0 Å². The van der Waals surface area contributed by atoms with Crippen molar-refractivity contribution in [2.45, 2.75) is 6.92 Å². The number of aromatic nitrogens is 3. The van der Waals surface area contributed by atoms with Gasteiger partial charge in [-0.25, -0.2) is 0 Å². The first-order valence-electron chi connectivity index (χ1n) is 4.27. The van der Waals surface area contributed by atoms with Crippen LogP contribution in [0.4, 0.5) is 5.82 Å². The second-order valence-electron chi connectivity index (χ2n) is 3.19. The molecular weight excluding hydrogens is 216 g/mol. The lowest BCUT2D eigenvalue weighted by atomic mass is 10.2. The Bertz CT molecular complexity index is 699. The van der Waals surface area contributed by atoms with Crippen LogP contribution >= 0.6 is 0 Å². The van der Waals surface area contributed by atoms with Crippen LogP contribution in [0.1, 0.15) is 5.56 Å². The third-order valence-corrected chi connectivity index (χ3v) is 2.05. The number of aromatic amines is 2. The van der Waals surface area contributed by atoms with Gasteiger partial charge in [0.15, 0.2) is 0 Å². The number of nitrogens with zero attached hydrogens (tertiary/aromatic N) is 2. The van der Waals surface area contributed by atoms with E-state index in [4.69, 9.17) is 0 Å². The molecule has 0 aliphatic heterocycles. The Hall–Kier alpha value is -2.51. The van der Waals surface area contributed by atoms with Gasteiger partial charge in [0.05, 0.1) is 0 Å². The highest BCUT2D eigenvalue weighted by molar-refractivity contribution is 5.71. The molecule has 16 heavy (non-hydrogen) atoms. The van der Waals surface area contributed by atoms with Crippen molar-refractivity contribution in [2.24, 2.45) is 0 Å². The summed E-state index contributed by atoms with van der Waals surface area (Å²) in [6.07, 6.45) is 0. The first-order chi connectivity index (χ1) is 7.49. The van der Waals surface area contributed by atoms with Crippen LogP contribution in [0.3, 0.4) is 0 Å². The summed E-state index contributed by atoms with van der Waals surface area (Å²) in [5.41, 5.74) is -1.16. The summed E-state index contributed by atoms with van der Waals surface area (Å²) < 4.78 is 0. The molecule has 0 radical (unpaired) electrons. The van der Waals surface area contributed by atoms with Gasteiger partial charge in [0, 0.05) is 5.56 Å². The summed E-state index contributed by atoms with van der Waals surface area (Å²) in [5, 5.41) is 10.6. The molecule has 2 N–H and O–H groups in total. The van der Waals surface area contributed by atoms with E-state index in [2.05, 4.69) is 15.0 Å². The van der Waals surface area contributed by atoms with Crippen molar-refractivity contribution in [3.63, 3.8) is 0 Å². The molecule has 0 atom stereocenters. The van der Waals surface area contributed by atoms with Gasteiger partial charge < -0.3 is 15.1 Å². The van der Waals surface area contributed by atoms with Gasteiger partial charge in [-0.2, -0.15) is 0 Å². The molecule has 0 fully saturated rings. The topological polar surface area (TPSA) is 122 Å². The summed E-state index contributed by atoms with van der Waals surface area (Å²) in [4.78, 5) is 40.0. The van der Waals surface area contributed by atoms with Crippen molar-refractivity contribution in [1.82, 2.24) is 15.0 Å². The van der Waals surface area contributed by atoms with E-state index in [9.17, 15) is 19.7 Å². The molecule has 0 bridgehead atoms. The highest BCUT2D eigenvalue weighted by atomic mass is 16.6. The van der Waals surface area contributed by atoms with Crippen LogP contribution in [-0.4, -0.2) is 19.9 Å². The average Bonchev–Trinajstić information content (AvgIpc) is 2.19. The average molecular weight is 222 g/mol. The molecule has 0 saturated heterocycles. The van der Waals surface area contributed by atoms with E-state index in [1.807, 2.05) is 0 Å². The molecule has 0 aliphatic rings. The predicted molar refractivity (Wildman–Crippen MR) is 54.4 cm³/mol. The lowest BCUT2D eigenvalue weighted by molar-refractivity contribution is -0.389. The summed E-state index contributed by atoms with van der Waals surface area (Å²) in [6, 6.07) is 1.39. The van der Waals surface area contributed by atoms with Gasteiger partial charge in [0.2, 0.25) is 0 Å². The number of fused-ring (bicyclic) bond motifs is 1. The Morgan fingerprint density at radius 2 is 1.94 bits per heavy atom. The Morgan fingerprint density at radius 3 is 2.56 bits per heavy atom. The second kappa shape index (κ2) is 3.26. The van der Waals surface area contributed by atoms with Crippen molar-refractivity contribution < 1.29 is 4.92 Å². The number of H-pyrrole nitrogens is 2. The molecule has 0 aliphatic carbocycles. The maximum Gasteiger partial charge on any atom is 0.368 e. The first kappa shape index (κ1) is 10.0. The summed E-state index contributed by atoms with van der Waals surface area (Å²) in [5.74, 6) is -0.352. The van der Waals surface area contributed by atoms with E-state index in [0.29, 0.717) is 5.56 Å². The van der Waals surface area contributed by atoms with Gasteiger partial charge >= 0.3 is 16.9 Å². The number of hydrogen-bond donors (Lipinski definition) is 2. The Morgan fingerprint density at radius 1 is 1.31 bits per heavy atom. The van der Waals surface area contributed by atoms with Crippen molar-refractivity contribution in [1.29, 1.82) is 0 Å². The molecule has 0 saturated carbocycles. The van der Waals surface area contributed by atoms with Gasteiger partial charge in [-0.15, -0.1) is 0 Å². The van der Waals surface area contributed by atoms with Gasteiger partial charge in [-0.1, -0.05) is 0 Å². The number of nitrogens with one attached hydrogen (secondary N) is 2. The van der Waals surface area contributed by atoms with Gasteiger partial charge in [0.1, 0.15) is 5.52 Å². The number of hydrogen-bond acceptors (Lipinski definition) is 5. The highest BCUT2D eigenvalue weighted by Gasteiger charge is 2.16. The summed E-state index contributed by atoms with van der Waals surface area (Å²) >= 11 is 0. The largest absolute Gasteiger partial charge is 0.368 e. The minimum Gasteiger partial charge on any atom is -0.358 e. The third kappa shape index (κ3) is 1.45. The molecule has 0 amide bonds. The Labute approximate surface area is 87.1 Å². The fourth-order valence-corrected chi connectivity index (χ4v) is 1.32. The lowest BCUT2D eigenvalue weighted by Gasteiger charge is -1.98. The van der Waals surface area contributed by atoms with Crippen LogP contribution in [0.25, 0.3) is 11.2 Å². The number of aryl methyl sites for hydroxylation is 1. The van der Waals surface area contributed by atoms with E-state index in [-0.39, 0.29) is 17.0 Å². The normalized spacial score (nSPS) is 10.6. The summed E-state index contributed by atoms with van der Waals surface area (Å²) in [6.45, 7) is 1.49. The van der Waals surface area contributed by atoms with Crippen molar-refractivity contribution >= 4 is 17.0 Å². The minimum absolute atomic E-state index is 0.0121. The molecule has 82 valence electrons. The molecule has 0 spiro atoms. The molecule has 2 rings (SSSR count). The Balaban J connectivity index is 2.90.